The summed E-state index contributed by atoms with van der Waals surface area (Å²) >= 11 is 1.57. The summed E-state index contributed by atoms with van der Waals surface area (Å²) in [6.45, 7) is 2.91. The number of ether oxygens (including phenoxy) is 2. The fourth-order valence-electron chi connectivity index (χ4n) is 2.10. The summed E-state index contributed by atoms with van der Waals surface area (Å²) in [5, 5.41) is 0. The van der Waals surface area contributed by atoms with Crippen LogP contribution in [-0.4, -0.2) is 54.9 Å². The number of carbonyl (C=O) groups excluding carboxylic acids is 1. The van der Waals surface area contributed by atoms with Gasteiger partial charge in [0.2, 0.25) is 5.91 Å². The van der Waals surface area contributed by atoms with Crippen LogP contribution in [0.3, 0.4) is 0 Å². The Hall–Kier alpha value is -0.260. The maximum absolute atomic E-state index is 11.6. The molecular weight excluding hydrogens is 214 g/mol. The van der Waals surface area contributed by atoms with Crippen molar-refractivity contribution in [1.82, 2.24) is 4.90 Å². The summed E-state index contributed by atoms with van der Waals surface area (Å²) in [6.07, 6.45) is 3.58. The van der Waals surface area contributed by atoms with Gasteiger partial charge in [0.15, 0.2) is 5.79 Å². The standard InChI is InChI=1S/C10H17NO3S/c1-15-8-9(12)11-4-2-10(3-5-11)13-6-7-14-10/h2-8H2,1H3. The molecule has 0 aromatic carbocycles. The molecule has 86 valence electrons. The third-order valence-corrected chi connectivity index (χ3v) is 3.49. The Morgan fingerprint density at radius 3 is 2.47 bits per heavy atom. The lowest BCUT2D eigenvalue weighted by molar-refractivity contribution is -0.186. The Morgan fingerprint density at radius 2 is 1.93 bits per heavy atom. The highest BCUT2D eigenvalue weighted by molar-refractivity contribution is 7.99. The van der Waals surface area contributed by atoms with E-state index in [2.05, 4.69) is 0 Å². The van der Waals surface area contributed by atoms with E-state index in [1.807, 2.05) is 11.2 Å². The van der Waals surface area contributed by atoms with Gasteiger partial charge in [-0.25, -0.2) is 0 Å². The van der Waals surface area contributed by atoms with Gasteiger partial charge in [-0.15, -0.1) is 0 Å². The van der Waals surface area contributed by atoms with E-state index in [1.54, 1.807) is 11.8 Å². The Morgan fingerprint density at radius 1 is 1.33 bits per heavy atom. The molecule has 2 aliphatic rings. The Kier molecular flexibility index (Phi) is 3.53. The first-order chi connectivity index (χ1) is 7.26. The van der Waals surface area contributed by atoms with Crippen LogP contribution in [0.2, 0.25) is 0 Å². The van der Waals surface area contributed by atoms with Crippen molar-refractivity contribution in [2.75, 3.05) is 38.3 Å². The van der Waals surface area contributed by atoms with Gasteiger partial charge >= 0.3 is 0 Å². The lowest BCUT2D eigenvalue weighted by Crippen LogP contribution is -2.47. The smallest absolute Gasteiger partial charge is 0.232 e. The van der Waals surface area contributed by atoms with E-state index in [1.165, 1.54) is 0 Å². The van der Waals surface area contributed by atoms with Crippen molar-refractivity contribution in [1.29, 1.82) is 0 Å². The third-order valence-electron chi connectivity index (χ3n) is 2.96. The van der Waals surface area contributed by atoms with Gasteiger partial charge in [0.1, 0.15) is 0 Å². The van der Waals surface area contributed by atoms with E-state index in [-0.39, 0.29) is 11.7 Å². The average Bonchev–Trinajstić information content (AvgIpc) is 2.68. The molecule has 4 nitrogen and oxygen atoms in total. The Balaban J connectivity index is 1.83. The zero-order chi connectivity index (χ0) is 10.7. The molecule has 2 rings (SSSR count). The number of rotatable bonds is 2. The van der Waals surface area contributed by atoms with Crippen LogP contribution in [0.5, 0.6) is 0 Å². The van der Waals surface area contributed by atoms with Gasteiger partial charge in [-0.1, -0.05) is 0 Å². The maximum Gasteiger partial charge on any atom is 0.232 e. The molecule has 1 amide bonds. The fraction of sp³-hybridized carbons (Fsp3) is 0.900. The van der Waals surface area contributed by atoms with Gasteiger partial charge in [0.25, 0.3) is 0 Å². The molecule has 5 heteroatoms. The largest absolute Gasteiger partial charge is 0.347 e. The maximum atomic E-state index is 11.6. The lowest BCUT2D eigenvalue weighted by Gasteiger charge is -2.37. The van der Waals surface area contributed by atoms with E-state index in [9.17, 15) is 4.79 Å². The molecule has 0 N–H and O–H groups in total. The fourth-order valence-corrected chi connectivity index (χ4v) is 2.53. The van der Waals surface area contributed by atoms with E-state index in [0.29, 0.717) is 19.0 Å². The molecule has 0 atom stereocenters. The van der Waals surface area contributed by atoms with E-state index in [0.717, 1.165) is 25.9 Å². The third kappa shape index (κ3) is 2.46. The second kappa shape index (κ2) is 4.72. The van der Waals surface area contributed by atoms with Gasteiger partial charge < -0.3 is 14.4 Å². The number of hydrogen-bond acceptors (Lipinski definition) is 4. The molecule has 0 aromatic rings. The highest BCUT2D eigenvalue weighted by atomic mass is 32.2. The van der Waals surface area contributed by atoms with Crippen molar-refractivity contribution in [3.63, 3.8) is 0 Å². The molecule has 2 fully saturated rings. The van der Waals surface area contributed by atoms with Crippen LogP contribution in [0.1, 0.15) is 12.8 Å². The summed E-state index contributed by atoms with van der Waals surface area (Å²) in [6, 6.07) is 0. The number of nitrogens with zero attached hydrogens (tertiary/aromatic N) is 1. The molecule has 2 saturated heterocycles. The van der Waals surface area contributed by atoms with Gasteiger partial charge in [-0.05, 0) is 6.26 Å². The van der Waals surface area contributed by atoms with Crippen molar-refractivity contribution < 1.29 is 14.3 Å². The van der Waals surface area contributed by atoms with Crippen LogP contribution in [0, 0.1) is 0 Å². The second-order valence-corrected chi connectivity index (χ2v) is 4.79. The predicted octanol–water partition coefficient (Wildman–Crippen LogP) is 0.715. The van der Waals surface area contributed by atoms with Crippen LogP contribution in [-0.2, 0) is 14.3 Å². The van der Waals surface area contributed by atoms with Crippen molar-refractivity contribution in [3.05, 3.63) is 0 Å². The van der Waals surface area contributed by atoms with E-state index in [4.69, 9.17) is 9.47 Å². The monoisotopic (exact) mass is 231 g/mol. The van der Waals surface area contributed by atoms with Crippen molar-refractivity contribution in [2.45, 2.75) is 18.6 Å². The van der Waals surface area contributed by atoms with Crippen LogP contribution in [0.4, 0.5) is 0 Å². The van der Waals surface area contributed by atoms with Gasteiger partial charge in [0.05, 0.1) is 19.0 Å². The second-order valence-electron chi connectivity index (χ2n) is 3.92. The summed E-state index contributed by atoms with van der Waals surface area (Å²) in [5.41, 5.74) is 0. The zero-order valence-electron chi connectivity index (χ0n) is 9.03. The topological polar surface area (TPSA) is 38.8 Å². The first-order valence-corrected chi connectivity index (χ1v) is 6.70. The molecule has 0 radical (unpaired) electrons. The molecule has 2 aliphatic heterocycles. The van der Waals surface area contributed by atoms with Crippen LogP contribution in [0.25, 0.3) is 0 Å². The summed E-state index contributed by atoms with van der Waals surface area (Å²) in [5.74, 6) is 0.445. The van der Waals surface area contributed by atoms with Crippen LogP contribution >= 0.6 is 11.8 Å². The van der Waals surface area contributed by atoms with E-state index >= 15 is 0 Å². The number of likely N-dealkylation sites (tertiary alicyclic amines) is 1. The normalized spacial score (nSPS) is 24.7. The molecule has 0 unspecified atom stereocenters. The number of hydrogen-bond donors (Lipinski definition) is 0. The number of amides is 1. The van der Waals surface area contributed by atoms with Gasteiger partial charge in [-0.2, -0.15) is 11.8 Å². The zero-order valence-corrected chi connectivity index (χ0v) is 9.85. The summed E-state index contributed by atoms with van der Waals surface area (Å²) < 4.78 is 11.2. The molecule has 15 heavy (non-hydrogen) atoms. The summed E-state index contributed by atoms with van der Waals surface area (Å²) in [7, 11) is 0. The minimum Gasteiger partial charge on any atom is -0.347 e. The van der Waals surface area contributed by atoms with Crippen molar-refractivity contribution >= 4 is 17.7 Å². The number of carbonyl (C=O) groups is 1. The highest BCUT2D eigenvalue weighted by Gasteiger charge is 2.40. The van der Waals surface area contributed by atoms with Gasteiger partial charge in [-0.3, -0.25) is 4.79 Å². The Bertz CT molecular complexity index is 231. The molecular formula is C10H17NO3S. The Labute approximate surface area is 94.3 Å². The van der Waals surface area contributed by atoms with Crippen LogP contribution < -0.4 is 0 Å². The van der Waals surface area contributed by atoms with Crippen molar-refractivity contribution in [2.24, 2.45) is 0 Å². The first-order valence-electron chi connectivity index (χ1n) is 5.30. The number of thioether (sulfide) groups is 1. The SMILES string of the molecule is CSCC(=O)N1CCC2(CC1)OCCO2. The first kappa shape index (κ1) is 11.2. The predicted molar refractivity (Wildman–Crippen MR) is 58.8 cm³/mol. The molecule has 2 heterocycles. The van der Waals surface area contributed by atoms with Gasteiger partial charge in [0, 0.05) is 25.9 Å². The lowest BCUT2D eigenvalue weighted by atomic mass is 10.0. The molecule has 1 spiro atoms. The molecule has 0 aromatic heterocycles. The quantitative estimate of drug-likeness (QED) is 0.702. The number of piperidine rings is 1. The summed E-state index contributed by atoms with van der Waals surface area (Å²) in [4.78, 5) is 13.5. The van der Waals surface area contributed by atoms with Crippen molar-refractivity contribution in [3.8, 4) is 0 Å². The molecule has 0 aliphatic carbocycles. The van der Waals surface area contributed by atoms with Crippen LogP contribution in [0.15, 0.2) is 0 Å². The minimum atomic E-state index is -0.365. The average molecular weight is 231 g/mol. The highest BCUT2D eigenvalue weighted by Crippen LogP contribution is 2.31. The van der Waals surface area contributed by atoms with E-state index < -0.39 is 0 Å². The molecule has 0 saturated carbocycles. The molecule has 0 bridgehead atoms. The minimum absolute atomic E-state index is 0.232.